The summed E-state index contributed by atoms with van der Waals surface area (Å²) in [7, 11) is 0. The van der Waals surface area contributed by atoms with Crippen molar-refractivity contribution in [3.05, 3.63) is 35.9 Å². The highest BCUT2D eigenvalue weighted by atomic mass is 16.5. The molecule has 98 valence electrons. The second kappa shape index (κ2) is 5.98. The third-order valence-corrected chi connectivity index (χ3v) is 3.32. The number of carbonyl (C=O) groups excluding carboxylic acids is 1. The molecule has 1 amide bonds. The Morgan fingerprint density at radius 1 is 1.44 bits per heavy atom. The number of rotatable bonds is 4. The molecule has 0 bridgehead atoms. The third kappa shape index (κ3) is 3.09. The molecular formula is C14H19NO3. The van der Waals surface area contributed by atoms with Crippen molar-refractivity contribution in [2.24, 2.45) is 0 Å². The van der Waals surface area contributed by atoms with Gasteiger partial charge in [0.05, 0.1) is 25.4 Å². The maximum absolute atomic E-state index is 11.4. The van der Waals surface area contributed by atoms with Crippen LogP contribution in [0.1, 0.15) is 18.9 Å². The highest BCUT2D eigenvalue weighted by Gasteiger charge is 2.33. The van der Waals surface area contributed by atoms with Gasteiger partial charge in [-0.2, -0.15) is 0 Å². The standard InChI is InChI=1S/C14H19NO3/c1-11(17)15-8-14(7-13(15)9-16)18-10-12-5-3-2-4-6-12/h2-6,13-14,16H,7-10H2,1H3. The Bertz CT molecular complexity index is 393. The van der Waals surface area contributed by atoms with Crippen LogP contribution in [0.3, 0.4) is 0 Å². The van der Waals surface area contributed by atoms with Gasteiger partial charge in [-0.15, -0.1) is 0 Å². The van der Waals surface area contributed by atoms with Gasteiger partial charge in [0, 0.05) is 13.5 Å². The first kappa shape index (κ1) is 13.1. The van der Waals surface area contributed by atoms with Gasteiger partial charge in [0.1, 0.15) is 0 Å². The summed E-state index contributed by atoms with van der Waals surface area (Å²) in [6.45, 7) is 2.66. The summed E-state index contributed by atoms with van der Waals surface area (Å²) in [6, 6.07) is 9.86. The van der Waals surface area contributed by atoms with Crippen molar-refractivity contribution in [3.8, 4) is 0 Å². The molecule has 0 aromatic heterocycles. The van der Waals surface area contributed by atoms with Crippen molar-refractivity contribution < 1.29 is 14.6 Å². The Kier molecular flexibility index (Phi) is 4.33. The van der Waals surface area contributed by atoms with E-state index in [0.29, 0.717) is 19.6 Å². The first-order chi connectivity index (χ1) is 8.70. The van der Waals surface area contributed by atoms with Gasteiger partial charge >= 0.3 is 0 Å². The molecule has 2 atom stereocenters. The molecule has 4 heteroatoms. The number of hydrogen-bond donors (Lipinski definition) is 1. The molecule has 1 aromatic carbocycles. The quantitative estimate of drug-likeness (QED) is 0.872. The summed E-state index contributed by atoms with van der Waals surface area (Å²) in [5.41, 5.74) is 1.12. The van der Waals surface area contributed by atoms with E-state index in [1.165, 1.54) is 6.92 Å². The summed E-state index contributed by atoms with van der Waals surface area (Å²) >= 11 is 0. The molecule has 1 heterocycles. The minimum absolute atomic E-state index is 0.000129. The van der Waals surface area contributed by atoms with Crippen LogP contribution in [0.15, 0.2) is 30.3 Å². The van der Waals surface area contributed by atoms with Gasteiger partial charge in [0.2, 0.25) is 5.91 Å². The van der Waals surface area contributed by atoms with E-state index in [2.05, 4.69) is 0 Å². The molecule has 4 nitrogen and oxygen atoms in total. The molecule has 0 radical (unpaired) electrons. The molecule has 1 N–H and O–H groups in total. The predicted octanol–water partition coefficient (Wildman–Crippen LogP) is 1.18. The molecule has 2 unspecified atom stereocenters. The smallest absolute Gasteiger partial charge is 0.219 e. The predicted molar refractivity (Wildman–Crippen MR) is 67.9 cm³/mol. The lowest BCUT2D eigenvalue weighted by molar-refractivity contribution is -0.130. The Hall–Kier alpha value is -1.39. The summed E-state index contributed by atoms with van der Waals surface area (Å²) in [5.74, 6) is -0.000129. The fourth-order valence-corrected chi connectivity index (χ4v) is 2.34. The van der Waals surface area contributed by atoms with E-state index in [9.17, 15) is 9.90 Å². The normalized spacial score (nSPS) is 23.3. The number of nitrogens with zero attached hydrogens (tertiary/aromatic N) is 1. The first-order valence-electron chi connectivity index (χ1n) is 6.24. The largest absolute Gasteiger partial charge is 0.394 e. The fraction of sp³-hybridized carbons (Fsp3) is 0.500. The molecule has 1 aliphatic rings. The van der Waals surface area contributed by atoms with Gasteiger partial charge in [0.25, 0.3) is 0 Å². The van der Waals surface area contributed by atoms with Crippen molar-refractivity contribution >= 4 is 5.91 Å². The van der Waals surface area contributed by atoms with Crippen LogP contribution in [0.25, 0.3) is 0 Å². The molecule has 18 heavy (non-hydrogen) atoms. The Morgan fingerprint density at radius 3 is 2.72 bits per heavy atom. The molecule has 1 aromatic rings. The van der Waals surface area contributed by atoms with E-state index < -0.39 is 0 Å². The average molecular weight is 249 g/mol. The minimum Gasteiger partial charge on any atom is -0.394 e. The van der Waals surface area contributed by atoms with Crippen LogP contribution in [0.4, 0.5) is 0 Å². The number of carbonyl (C=O) groups is 1. The van der Waals surface area contributed by atoms with Crippen molar-refractivity contribution in [2.45, 2.75) is 32.1 Å². The summed E-state index contributed by atoms with van der Waals surface area (Å²) in [6.07, 6.45) is 0.731. The van der Waals surface area contributed by atoms with Crippen LogP contribution in [0.2, 0.25) is 0 Å². The SMILES string of the molecule is CC(=O)N1CC(OCc2ccccc2)CC1CO. The third-order valence-electron chi connectivity index (χ3n) is 3.32. The Balaban J connectivity index is 1.87. The van der Waals surface area contributed by atoms with Gasteiger partial charge in [-0.25, -0.2) is 0 Å². The molecular weight excluding hydrogens is 230 g/mol. The zero-order chi connectivity index (χ0) is 13.0. The van der Waals surface area contributed by atoms with E-state index in [1.54, 1.807) is 4.90 Å². The molecule has 0 aliphatic carbocycles. The maximum Gasteiger partial charge on any atom is 0.219 e. The van der Waals surface area contributed by atoms with E-state index in [0.717, 1.165) is 5.56 Å². The Labute approximate surface area is 107 Å². The second-order valence-corrected chi connectivity index (χ2v) is 4.66. The molecule has 1 saturated heterocycles. The lowest BCUT2D eigenvalue weighted by atomic mass is 10.2. The lowest BCUT2D eigenvalue weighted by Crippen LogP contribution is -2.36. The van der Waals surface area contributed by atoms with Crippen molar-refractivity contribution in [3.63, 3.8) is 0 Å². The van der Waals surface area contributed by atoms with Gasteiger partial charge in [-0.05, 0) is 12.0 Å². The molecule has 2 rings (SSSR count). The van der Waals surface area contributed by atoms with Gasteiger partial charge in [0.15, 0.2) is 0 Å². The fourth-order valence-electron chi connectivity index (χ4n) is 2.34. The van der Waals surface area contributed by atoms with Crippen LogP contribution >= 0.6 is 0 Å². The first-order valence-corrected chi connectivity index (χ1v) is 6.24. The summed E-state index contributed by atoms with van der Waals surface area (Å²) < 4.78 is 5.80. The van der Waals surface area contributed by atoms with Crippen LogP contribution in [-0.2, 0) is 16.1 Å². The van der Waals surface area contributed by atoms with Crippen LogP contribution in [0, 0.1) is 0 Å². The number of hydrogen-bond acceptors (Lipinski definition) is 3. The van der Waals surface area contributed by atoms with Crippen molar-refractivity contribution in [1.29, 1.82) is 0 Å². The monoisotopic (exact) mass is 249 g/mol. The van der Waals surface area contributed by atoms with Crippen LogP contribution in [-0.4, -0.2) is 41.2 Å². The van der Waals surface area contributed by atoms with E-state index in [-0.39, 0.29) is 24.7 Å². The number of amides is 1. The second-order valence-electron chi connectivity index (χ2n) is 4.66. The topological polar surface area (TPSA) is 49.8 Å². The van der Waals surface area contributed by atoms with Crippen molar-refractivity contribution in [1.82, 2.24) is 4.90 Å². The summed E-state index contributed by atoms with van der Waals surface area (Å²) in [4.78, 5) is 13.1. The number of benzene rings is 1. The van der Waals surface area contributed by atoms with Gasteiger partial charge in [-0.1, -0.05) is 30.3 Å². The van der Waals surface area contributed by atoms with Crippen LogP contribution < -0.4 is 0 Å². The molecule has 1 aliphatic heterocycles. The number of aliphatic hydroxyl groups is 1. The Morgan fingerprint density at radius 2 is 2.17 bits per heavy atom. The van der Waals surface area contributed by atoms with Crippen LogP contribution in [0.5, 0.6) is 0 Å². The highest BCUT2D eigenvalue weighted by Crippen LogP contribution is 2.21. The zero-order valence-electron chi connectivity index (χ0n) is 10.6. The van der Waals surface area contributed by atoms with Gasteiger partial charge in [-0.3, -0.25) is 4.79 Å². The molecule has 1 fully saturated rings. The highest BCUT2D eigenvalue weighted by molar-refractivity contribution is 5.74. The number of ether oxygens (including phenoxy) is 1. The zero-order valence-corrected chi connectivity index (χ0v) is 10.6. The van der Waals surface area contributed by atoms with E-state index in [1.807, 2.05) is 30.3 Å². The van der Waals surface area contributed by atoms with Gasteiger partial charge < -0.3 is 14.7 Å². The van der Waals surface area contributed by atoms with E-state index >= 15 is 0 Å². The average Bonchev–Trinajstić information content (AvgIpc) is 2.81. The lowest BCUT2D eigenvalue weighted by Gasteiger charge is -2.20. The molecule has 0 spiro atoms. The number of aliphatic hydroxyl groups excluding tert-OH is 1. The van der Waals surface area contributed by atoms with E-state index in [4.69, 9.17) is 4.74 Å². The molecule has 0 saturated carbocycles. The summed E-state index contributed by atoms with van der Waals surface area (Å²) in [5, 5.41) is 9.24. The number of likely N-dealkylation sites (tertiary alicyclic amines) is 1. The van der Waals surface area contributed by atoms with Crippen molar-refractivity contribution in [2.75, 3.05) is 13.2 Å². The minimum atomic E-state index is -0.0942. The maximum atomic E-state index is 11.4.